The molecule has 0 spiro atoms. The number of rotatable bonds is 8. The Balaban J connectivity index is 1.31. The molecule has 47 heavy (non-hydrogen) atoms. The van der Waals surface area contributed by atoms with Crippen LogP contribution in [0.15, 0.2) is 90.6 Å². The number of para-hydroxylation sites is 1. The highest BCUT2D eigenvalue weighted by Crippen LogP contribution is 2.44. The minimum atomic E-state index is 0.405. The normalized spacial score (nSPS) is 18.1. The van der Waals surface area contributed by atoms with E-state index in [1.165, 1.54) is 28.9 Å². The van der Waals surface area contributed by atoms with E-state index < -0.39 is 0 Å². The first-order chi connectivity index (χ1) is 22.8. The van der Waals surface area contributed by atoms with Gasteiger partial charge in [-0.05, 0) is 86.9 Å². The Hall–Kier alpha value is -4.84. The minimum Gasteiger partial charge on any atom is -0.497 e. The summed E-state index contributed by atoms with van der Waals surface area (Å²) in [4.78, 5) is 4.71. The molecular formula is C41H44N4O2. The Bertz CT molecular complexity index is 2140. The number of pyridine rings is 1. The monoisotopic (exact) mass is 624 g/mol. The van der Waals surface area contributed by atoms with Gasteiger partial charge in [-0.15, -0.1) is 0 Å². The second-order valence-corrected chi connectivity index (χ2v) is 13.2. The summed E-state index contributed by atoms with van der Waals surface area (Å²) < 4.78 is 16.5. The van der Waals surface area contributed by atoms with Gasteiger partial charge in [-0.2, -0.15) is 5.10 Å². The summed E-state index contributed by atoms with van der Waals surface area (Å²) in [5.74, 6) is 4.72. The zero-order chi connectivity index (χ0) is 32.8. The van der Waals surface area contributed by atoms with Crippen LogP contribution in [0.25, 0.3) is 33.3 Å². The molecule has 0 radical (unpaired) electrons. The summed E-state index contributed by atoms with van der Waals surface area (Å²) in [5, 5.41) is 7.56. The molecule has 0 bridgehead atoms. The summed E-state index contributed by atoms with van der Waals surface area (Å²) >= 11 is 0. The van der Waals surface area contributed by atoms with Gasteiger partial charge in [0.2, 0.25) is 0 Å². The minimum absolute atomic E-state index is 0.405. The van der Waals surface area contributed by atoms with E-state index >= 15 is 0 Å². The van der Waals surface area contributed by atoms with Gasteiger partial charge in [0, 0.05) is 52.3 Å². The van der Waals surface area contributed by atoms with Crippen LogP contribution < -0.4 is 9.47 Å². The number of benzene rings is 3. The Morgan fingerprint density at radius 2 is 1.64 bits per heavy atom. The van der Waals surface area contributed by atoms with Gasteiger partial charge >= 0.3 is 0 Å². The lowest BCUT2D eigenvalue weighted by atomic mass is 9.72. The fourth-order valence-corrected chi connectivity index (χ4v) is 7.95. The van der Waals surface area contributed by atoms with Gasteiger partial charge in [-0.3, -0.25) is 4.57 Å². The topological polar surface area (TPSA) is 54.1 Å². The van der Waals surface area contributed by atoms with Crippen LogP contribution in [0.3, 0.4) is 0 Å². The molecule has 3 atom stereocenters. The van der Waals surface area contributed by atoms with Crippen molar-refractivity contribution >= 4 is 21.8 Å². The van der Waals surface area contributed by atoms with Crippen LogP contribution in [0, 0.1) is 18.8 Å². The van der Waals surface area contributed by atoms with Gasteiger partial charge in [0.1, 0.15) is 23.1 Å². The largest absolute Gasteiger partial charge is 0.497 e. The Kier molecular flexibility index (Phi) is 8.13. The predicted octanol–water partition coefficient (Wildman–Crippen LogP) is 10.3. The van der Waals surface area contributed by atoms with Crippen molar-refractivity contribution in [1.82, 2.24) is 19.3 Å². The van der Waals surface area contributed by atoms with Crippen LogP contribution in [0.2, 0.25) is 0 Å². The first-order valence-electron chi connectivity index (χ1n) is 16.9. The highest BCUT2D eigenvalue weighted by Gasteiger charge is 2.32. The number of fused-ring (bicyclic) bond motifs is 3. The van der Waals surface area contributed by atoms with Crippen molar-refractivity contribution in [2.75, 3.05) is 7.11 Å². The van der Waals surface area contributed by atoms with Crippen LogP contribution in [0.1, 0.15) is 69.5 Å². The summed E-state index contributed by atoms with van der Waals surface area (Å²) in [6.07, 6.45) is 7.29. The molecule has 0 fully saturated rings. The molecule has 3 aromatic heterocycles. The van der Waals surface area contributed by atoms with Gasteiger partial charge in [-0.1, -0.05) is 57.5 Å². The molecule has 0 amide bonds. The van der Waals surface area contributed by atoms with E-state index in [-0.39, 0.29) is 0 Å². The number of methoxy groups -OCH3 is 1. The van der Waals surface area contributed by atoms with Crippen molar-refractivity contribution in [3.8, 4) is 28.8 Å². The van der Waals surface area contributed by atoms with E-state index in [4.69, 9.17) is 19.6 Å². The fraction of sp³-hybridized carbons (Fsp3) is 0.317. The zero-order valence-electron chi connectivity index (χ0n) is 28.5. The molecule has 1 aliphatic rings. The van der Waals surface area contributed by atoms with Crippen LogP contribution in [0.5, 0.6) is 17.2 Å². The van der Waals surface area contributed by atoms with Gasteiger partial charge in [-0.25, -0.2) is 9.67 Å². The molecule has 0 aliphatic heterocycles. The second kappa shape index (κ2) is 12.4. The Morgan fingerprint density at radius 3 is 2.40 bits per heavy atom. The number of hydrogen-bond acceptors (Lipinski definition) is 4. The maximum absolute atomic E-state index is 6.65. The number of nitrogens with zero attached hydrogens (tertiary/aromatic N) is 4. The molecule has 3 heterocycles. The van der Waals surface area contributed by atoms with E-state index in [1.54, 1.807) is 13.3 Å². The fourth-order valence-electron chi connectivity index (χ4n) is 7.95. The third-order valence-electron chi connectivity index (χ3n) is 9.77. The van der Waals surface area contributed by atoms with Crippen molar-refractivity contribution in [3.63, 3.8) is 0 Å². The van der Waals surface area contributed by atoms with E-state index in [9.17, 15) is 0 Å². The Labute approximate surface area is 277 Å². The number of allylic oxidation sites excluding steroid dienone is 2. The molecule has 6 aromatic rings. The van der Waals surface area contributed by atoms with Gasteiger partial charge < -0.3 is 9.47 Å². The molecule has 240 valence electrons. The molecule has 7 rings (SSSR count). The maximum Gasteiger partial charge on any atom is 0.141 e. The lowest BCUT2D eigenvalue weighted by molar-refractivity contribution is 0.389. The summed E-state index contributed by atoms with van der Waals surface area (Å²) in [7, 11) is 1.68. The van der Waals surface area contributed by atoms with Crippen LogP contribution in [0.4, 0.5) is 0 Å². The van der Waals surface area contributed by atoms with Crippen molar-refractivity contribution in [1.29, 1.82) is 0 Å². The molecule has 0 N–H and O–H groups in total. The summed E-state index contributed by atoms with van der Waals surface area (Å²) in [6.45, 7) is 13.7. The molecule has 3 aromatic carbocycles. The summed E-state index contributed by atoms with van der Waals surface area (Å²) in [6, 6.07) is 25.0. The highest BCUT2D eigenvalue weighted by atomic mass is 16.5. The average molecular weight is 625 g/mol. The molecule has 6 nitrogen and oxygen atoms in total. The lowest BCUT2D eigenvalue weighted by Crippen LogP contribution is -2.21. The maximum atomic E-state index is 6.65. The first-order valence-corrected chi connectivity index (χ1v) is 16.9. The number of hydrogen-bond donors (Lipinski definition) is 0. The third-order valence-corrected chi connectivity index (χ3v) is 9.77. The molecule has 6 heteroatoms. The smallest absolute Gasteiger partial charge is 0.141 e. The van der Waals surface area contributed by atoms with Crippen LogP contribution in [-0.4, -0.2) is 26.4 Å². The average Bonchev–Trinajstić information content (AvgIpc) is 3.59. The first kappa shape index (κ1) is 30.8. The molecule has 0 saturated heterocycles. The van der Waals surface area contributed by atoms with Crippen LogP contribution in [-0.2, 0) is 12.8 Å². The summed E-state index contributed by atoms with van der Waals surface area (Å²) in [5.41, 5.74) is 9.67. The lowest BCUT2D eigenvalue weighted by Gasteiger charge is -2.33. The van der Waals surface area contributed by atoms with E-state index in [2.05, 4.69) is 118 Å². The highest BCUT2D eigenvalue weighted by molar-refractivity contribution is 6.09. The van der Waals surface area contributed by atoms with Crippen molar-refractivity contribution in [2.45, 2.75) is 66.7 Å². The number of ether oxygens (including phenoxy) is 2. The Morgan fingerprint density at radius 1 is 0.830 bits per heavy atom. The zero-order valence-corrected chi connectivity index (χ0v) is 28.5. The van der Waals surface area contributed by atoms with Gasteiger partial charge in [0.15, 0.2) is 0 Å². The second-order valence-electron chi connectivity index (χ2n) is 13.2. The van der Waals surface area contributed by atoms with E-state index in [0.717, 1.165) is 69.0 Å². The quantitative estimate of drug-likeness (QED) is 0.158. The standard InChI is InChI=1S/C41H44N4O2/c1-8-35-41(40-27(5)18-25(3)19-28(40)6)36(9-2)45(43-35)29-20-26(4)21-32(22-29)47-31-14-15-34-33-12-10-11-13-37(33)44(38(34)23-31)39-24-30(46-7)16-17-42-39/h10-18,20-25,28,40H,8-9,19H2,1-7H3/t25-,28-,40?/m0/s1. The van der Waals surface area contributed by atoms with E-state index in [1.807, 2.05) is 12.1 Å². The predicted molar refractivity (Wildman–Crippen MR) is 192 cm³/mol. The van der Waals surface area contributed by atoms with Crippen molar-refractivity contribution in [3.05, 3.63) is 113 Å². The third kappa shape index (κ3) is 5.50. The van der Waals surface area contributed by atoms with Crippen molar-refractivity contribution in [2.24, 2.45) is 11.8 Å². The van der Waals surface area contributed by atoms with Crippen LogP contribution >= 0.6 is 0 Å². The molecular weight excluding hydrogens is 580 g/mol. The van der Waals surface area contributed by atoms with Crippen molar-refractivity contribution < 1.29 is 9.47 Å². The number of aromatic nitrogens is 4. The van der Waals surface area contributed by atoms with E-state index in [0.29, 0.717) is 17.8 Å². The molecule has 1 unspecified atom stereocenters. The van der Waals surface area contributed by atoms with Gasteiger partial charge in [0.05, 0.1) is 29.5 Å². The molecule has 1 aliphatic carbocycles. The molecule has 0 saturated carbocycles. The number of aryl methyl sites for hydroxylation is 2. The SMILES string of the molecule is CCc1nn(-c2cc(C)cc(Oc3ccc4c5ccccc5n(-c5cc(OC)ccn5)c4c3)c2)c(CC)c1C1C(C)=C[C@H](C)C[C@@H]1C. The van der Waals surface area contributed by atoms with Gasteiger partial charge in [0.25, 0.3) is 0 Å².